The molecule has 8 heteroatoms. The highest BCUT2D eigenvalue weighted by Gasteiger charge is 2.21. The van der Waals surface area contributed by atoms with Gasteiger partial charge in [-0.25, -0.2) is 8.78 Å². The zero-order valence-electron chi connectivity index (χ0n) is 15.1. The molecule has 0 radical (unpaired) electrons. The number of carbonyl (C=O) groups excluding carboxylic acids is 1. The van der Waals surface area contributed by atoms with Gasteiger partial charge in [0.05, 0.1) is 10.9 Å². The Hall–Kier alpha value is -3.00. The van der Waals surface area contributed by atoms with Gasteiger partial charge in [0.25, 0.3) is 0 Å². The van der Waals surface area contributed by atoms with Crippen LogP contribution in [-0.4, -0.2) is 25.9 Å². The third-order valence-corrected chi connectivity index (χ3v) is 4.99. The van der Waals surface area contributed by atoms with Crippen LogP contribution in [0.1, 0.15) is 6.92 Å². The summed E-state index contributed by atoms with van der Waals surface area (Å²) in [6.07, 6.45) is 1.69. The molecule has 1 N–H and O–H groups in total. The Labute approximate surface area is 165 Å². The molecule has 3 rings (SSSR count). The fraction of sp³-hybridized carbons (Fsp3) is 0.150. The van der Waals surface area contributed by atoms with Gasteiger partial charge in [0.2, 0.25) is 5.91 Å². The SMILES string of the molecule is C=CCn1c(S[C@@H](C)C(=O)Nc2ccccc2F)nnc1-c1ccc(F)cc1. The highest BCUT2D eigenvalue weighted by atomic mass is 32.2. The maximum absolute atomic E-state index is 13.7. The summed E-state index contributed by atoms with van der Waals surface area (Å²) >= 11 is 1.20. The van der Waals surface area contributed by atoms with Gasteiger partial charge in [-0.15, -0.1) is 16.8 Å². The first-order chi connectivity index (χ1) is 13.5. The van der Waals surface area contributed by atoms with Crippen molar-refractivity contribution in [1.82, 2.24) is 14.8 Å². The van der Waals surface area contributed by atoms with Gasteiger partial charge in [-0.3, -0.25) is 9.36 Å². The van der Waals surface area contributed by atoms with Crippen LogP contribution in [0, 0.1) is 11.6 Å². The van der Waals surface area contributed by atoms with E-state index in [9.17, 15) is 13.6 Å². The van der Waals surface area contributed by atoms with E-state index < -0.39 is 11.1 Å². The Morgan fingerprint density at radius 1 is 1.21 bits per heavy atom. The van der Waals surface area contributed by atoms with Crippen molar-refractivity contribution >= 4 is 23.4 Å². The topological polar surface area (TPSA) is 59.8 Å². The second-order valence-corrected chi connectivity index (χ2v) is 7.25. The molecule has 0 aliphatic carbocycles. The molecule has 28 heavy (non-hydrogen) atoms. The second kappa shape index (κ2) is 8.79. The van der Waals surface area contributed by atoms with E-state index in [1.807, 2.05) is 0 Å². The smallest absolute Gasteiger partial charge is 0.237 e. The van der Waals surface area contributed by atoms with Gasteiger partial charge in [0.1, 0.15) is 11.6 Å². The summed E-state index contributed by atoms with van der Waals surface area (Å²) in [5.74, 6) is -0.649. The number of aromatic nitrogens is 3. The van der Waals surface area contributed by atoms with Gasteiger partial charge in [0, 0.05) is 12.1 Å². The molecule has 0 bridgehead atoms. The normalized spacial score (nSPS) is 11.8. The van der Waals surface area contributed by atoms with Crippen LogP contribution in [0.4, 0.5) is 14.5 Å². The Morgan fingerprint density at radius 3 is 2.61 bits per heavy atom. The lowest BCUT2D eigenvalue weighted by Crippen LogP contribution is -2.23. The Kier molecular flexibility index (Phi) is 6.20. The molecule has 1 heterocycles. The van der Waals surface area contributed by atoms with Crippen molar-refractivity contribution in [3.05, 3.63) is 72.8 Å². The summed E-state index contributed by atoms with van der Waals surface area (Å²) in [4.78, 5) is 12.4. The number of allylic oxidation sites excluding steroid dienone is 1. The summed E-state index contributed by atoms with van der Waals surface area (Å²) in [5.41, 5.74) is 0.825. The summed E-state index contributed by atoms with van der Waals surface area (Å²) in [7, 11) is 0. The molecule has 0 saturated heterocycles. The molecular formula is C20H18F2N4OS. The quantitative estimate of drug-likeness (QED) is 0.468. The van der Waals surface area contributed by atoms with Gasteiger partial charge < -0.3 is 5.32 Å². The number of halogens is 2. The molecule has 1 atom stereocenters. The highest BCUT2D eigenvalue weighted by Crippen LogP contribution is 2.28. The summed E-state index contributed by atoms with van der Waals surface area (Å²) in [6.45, 7) is 5.86. The number of para-hydroxylation sites is 1. The van der Waals surface area contributed by atoms with E-state index in [2.05, 4.69) is 22.1 Å². The number of amides is 1. The number of thioether (sulfide) groups is 1. The lowest BCUT2D eigenvalue weighted by molar-refractivity contribution is -0.115. The molecule has 3 aromatic rings. The number of hydrogen-bond donors (Lipinski definition) is 1. The van der Waals surface area contributed by atoms with E-state index in [-0.39, 0.29) is 17.4 Å². The maximum atomic E-state index is 13.7. The van der Waals surface area contributed by atoms with Gasteiger partial charge in [-0.2, -0.15) is 0 Å². The van der Waals surface area contributed by atoms with E-state index >= 15 is 0 Å². The van der Waals surface area contributed by atoms with Crippen molar-refractivity contribution in [3.8, 4) is 11.4 Å². The minimum atomic E-state index is -0.548. The lowest BCUT2D eigenvalue weighted by atomic mass is 10.2. The van der Waals surface area contributed by atoms with Crippen molar-refractivity contribution in [3.63, 3.8) is 0 Å². The Balaban J connectivity index is 1.79. The van der Waals surface area contributed by atoms with E-state index in [1.165, 1.54) is 36.0 Å². The number of anilines is 1. The maximum Gasteiger partial charge on any atom is 0.237 e. The third kappa shape index (κ3) is 4.45. The van der Waals surface area contributed by atoms with Crippen LogP contribution in [0.2, 0.25) is 0 Å². The standard InChI is InChI=1S/C20H18F2N4OS/c1-3-12-26-18(14-8-10-15(21)11-9-14)24-25-20(26)28-13(2)19(27)23-17-7-5-4-6-16(17)22/h3-11,13H,1,12H2,2H3,(H,23,27)/t13-/m0/s1. The number of carbonyl (C=O) groups is 1. The monoisotopic (exact) mass is 400 g/mol. The average Bonchev–Trinajstić information content (AvgIpc) is 3.07. The molecule has 0 aliphatic rings. The van der Waals surface area contributed by atoms with Crippen LogP contribution in [-0.2, 0) is 11.3 Å². The fourth-order valence-electron chi connectivity index (χ4n) is 2.49. The molecule has 5 nitrogen and oxygen atoms in total. The van der Waals surface area contributed by atoms with Crippen LogP contribution in [0.15, 0.2) is 66.3 Å². The number of benzene rings is 2. The minimum absolute atomic E-state index is 0.125. The Bertz CT molecular complexity index is 988. The lowest BCUT2D eigenvalue weighted by Gasteiger charge is -2.13. The minimum Gasteiger partial charge on any atom is -0.323 e. The van der Waals surface area contributed by atoms with E-state index in [4.69, 9.17) is 0 Å². The van der Waals surface area contributed by atoms with Gasteiger partial charge in [0.15, 0.2) is 11.0 Å². The zero-order chi connectivity index (χ0) is 20.1. The van der Waals surface area contributed by atoms with Crippen LogP contribution in [0.5, 0.6) is 0 Å². The molecular weight excluding hydrogens is 382 g/mol. The summed E-state index contributed by atoms with van der Waals surface area (Å²) < 4.78 is 28.7. The van der Waals surface area contributed by atoms with E-state index in [0.29, 0.717) is 23.1 Å². The van der Waals surface area contributed by atoms with E-state index in [0.717, 1.165) is 0 Å². The highest BCUT2D eigenvalue weighted by molar-refractivity contribution is 8.00. The first-order valence-electron chi connectivity index (χ1n) is 8.51. The van der Waals surface area contributed by atoms with Crippen molar-refractivity contribution in [2.75, 3.05) is 5.32 Å². The van der Waals surface area contributed by atoms with Crippen molar-refractivity contribution in [2.45, 2.75) is 23.9 Å². The van der Waals surface area contributed by atoms with Gasteiger partial charge in [-0.05, 0) is 43.3 Å². The van der Waals surface area contributed by atoms with Crippen molar-refractivity contribution in [2.24, 2.45) is 0 Å². The molecule has 0 spiro atoms. The fourth-order valence-corrected chi connectivity index (χ4v) is 3.35. The van der Waals surface area contributed by atoms with Crippen LogP contribution >= 0.6 is 11.8 Å². The molecule has 144 valence electrons. The Morgan fingerprint density at radius 2 is 1.93 bits per heavy atom. The second-order valence-electron chi connectivity index (χ2n) is 5.94. The predicted molar refractivity (Wildman–Crippen MR) is 106 cm³/mol. The largest absolute Gasteiger partial charge is 0.323 e. The molecule has 0 fully saturated rings. The van der Waals surface area contributed by atoms with Crippen LogP contribution in [0.25, 0.3) is 11.4 Å². The molecule has 1 aromatic heterocycles. The van der Waals surface area contributed by atoms with Gasteiger partial charge in [-0.1, -0.05) is 30.0 Å². The number of rotatable bonds is 7. The van der Waals surface area contributed by atoms with Crippen LogP contribution in [0.3, 0.4) is 0 Å². The molecule has 0 saturated carbocycles. The first-order valence-corrected chi connectivity index (χ1v) is 9.39. The first kappa shape index (κ1) is 19.8. The molecule has 0 aliphatic heterocycles. The molecule has 1 amide bonds. The van der Waals surface area contributed by atoms with Crippen LogP contribution < -0.4 is 5.32 Å². The van der Waals surface area contributed by atoms with Gasteiger partial charge >= 0.3 is 0 Å². The number of hydrogen-bond acceptors (Lipinski definition) is 4. The summed E-state index contributed by atoms with van der Waals surface area (Å²) in [6, 6.07) is 11.9. The van der Waals surface area contributed by atoms with Crippen molar-refractivity contribution < 1.29 is 13.6 Å². The number of nitrogens with one attached hydrogen (secondary N) is 1. The number of nitrogens with zero attached hydrogens (tertiary/aromatic N) is 3. The third-order valence-electron chi connectivity index (χ3n) is 3.91. The van der Waals surface area contributed by atoms with Crippen molar-refractivity contribution in [1.29, 1.82) is 0 Å². The predicted octanol–water partition coefficient (Wildman–Crippen LogP) is 4.53. The average molecular weight is 400 g/mol. The zero-order valence-corrected chi connectivity index (χ0v) is 15.9. The molecule has 2 aromatic carbocycles. The summed E-state index contributed by atoms with van der Waals surface area (Å²) in [5, 5.41) is 10.9. The van der Waals surface area contributed by atoms with E-state index in [1.54, 1.807) is 41.8 Å². The molecule has 0 unspecified atom stereocenters.